The Bertz CT molecular complexity index is 1660. The zero-order chi connectivity index (χ0) is 30.0. The van der Waals surface area contributed by atoms with Crippen LogP contribution in [0.3, 0.4) is 0 Å². The lowest BCUT2D eigenvalue weighted by Gasteiger charge is -2.28. The normalized spacial score (nSPS) is 16.3. The number of rotatable bonds is 8. The van der Waals surface area contributed by atoms with Gasteiger partial charge in [-0.3, -0.25) is 9.78 Å². The van der Waals surface area contributed by atoms with Crippen LogP contribution in [0.2, 0.25) is 5.02 Å². The minimum atomic E-state index is -0.413. The standard InChI is InChI=1S/C31H30ClN5O4S/c1-18-15-22(19(2)36(18)26-11-6-5-9-21(26)30(39)41-4)29-28(25-10-7-8-14-33-25)35-31(42)37(29)20-12-13-24(23(32)16-20)34-27(38)17-40-3/h5-16,28-29H,17H2,1-4H3,(H,34,38)(H,35,42)/t28-,29+/m1/s1. The number of methoxy groups -OCH3 is 2. The third kappa shape index (κ3) is 5.48. The number of aryl methyl sites for hydroxylation is 1. The molecule has 2 atom stereocenters. The zero-order valence-electron chi connectivity index (χ0n) is 23.6. The maximum Gasteiger partial charge on any atom is 0.339 e. The summed E-state index contributed by atoms with van der Waals surface area (Å²) in [4.78, 5) is 31.4. The van der Waals surface area contributed by atoms with Crippen molar-refractivity contribution in [2.45, 2.75) is 25.9 Å². The molecule has 0 bridgehead atoms. The van der Waals surface area contributed by atoms with E-state index in [1.54, 1.807) is 24.4 Å². The highest BCUT2D eigenvalue weighted by Crippen LogP contribution is 2.45. The van der Waals surface area contributed by atoms with Crippen molar-refractivity contribution in [3.8, 4) is 5.69 Å². The lowest BCUT2D eigenvalue weighted by atomic mass is 9.96. The Balaban J connectivity index is 1.63. The first-order valence-electron chi connectivity index (χ1n) is 13.2. The van der Waals surface area contributed by atoms with Gasteiger partial charge in [0.1, 0.15) is 6.61 Å². The molecule has 2 N–H and O–H groups in total. The molecule has 9 nitrogen and oxygen atoms in total. The van der Waals surface area contributed by atoms with E-state index < -0.39 is 5.97 Å². The first-order valence-corrected chi connectivity index (χ1v) is 14.0. The van der Waals surface area contributed by atoms with Crippen molar-refractivity contribution in [3.05, 3.63) is 106 Å². The Morgan fingerprint density at radius 3 is 2.52 bits per heavy atom. The number of pyridine rings is 1. The average molecular weight is 604 g/mol. The van der Waals surface area contributed by atoms with E-state index in [0.29, 0.717) is 21.4 Å². The van der Waals surface area contributed by atoms with Crippen LogP contribution >= 0.6 is 23.8 Å². The van der Waals surface area contributed by atoms with Crippen molar-refractivity contribution in [3.63, 3.8) is 0 Å². The zero-order valence-corrected chi connectivity index (χ0v) is 25.1. The van der Waals surface area contributed by atoms with Gasteiger partial charge in [0, 0.05) is 30.4 Å². The number of nitrogens with zero attached hydrogens (tertiary/aromatic N) is 3. The van der Waals surface area contributed by atoms with Crippen LogP contribution in [0, 0.1) is 13.8 Å². The van der Waals surface area contributed by atoms with Crippen LogP contribution in [0.15, 0.2) is 72.9 Å². The molecule has 3 heterocycles. The van der Waals surface area contributed by atoms with Crippen LogP contribution < -0.4 is 15.5 Å². The van der Waals surface area contributed by atoms with Crippen molar-refractivity contribution < 1.29 is 19.1 Å². The minimum Gasteiger partial charge on any atom is -0.465 e. The minimum absolute atomic E-state index is 0.0826. The molecule has 0 radical (unpaired) electrons. The molecule has 1 amide bonds. The summed E-state index contributed by atoms with van der Waals surface area (Å²) in [6, 6.07) is 20.0. The fraction of sp³-hybridized carbons (Fsp3) is 0.226. The SMILES string of the molecule is COCC(=O)Nc1ccc(N2C(=S)N[C@H](c3ccccn3)[C@@H]2c2cc(C)n(-c3ccccc3C(=O)OC)c2C)cc1Cl. The van der Waals surface area contributed by atoms with Gasteiger partial charge in [-0.25, -0.2) is 4.79 Å². The van der Waals surface area contributed by atoms with Crippen molar-refractivity contribution >= 4 is 52.2 Å². The fourth-order valence-electron chi connectivity index (χ4n) is 5.43. The Morgan fingerprint density at radius 1 is 1.07 bits per heavy atom. The van der Waals surface area contributed by atoms with E-state index in [0.717, 1.165) is 34.0 Å². The van der Waals surface area contributed by atoms with E-state index in [-0.39, 0.29) is 24.6 Å². The van der Waals surface area contributed by atoms with Gasteiger partial charge in [-0.15, -0.1) is 0 Å². The summed E-state index contributed by atoms with van der Waals surface area (Å²) in [7, 11) is 2.83. The molecule has 1 aliphatic heterocycles. The van der Waals surface area contributed by atoms with Gasteiger partial charge in [-0.05, 0) is 80.2 Å². The highest BCUT2D eigenvalue weighted by Gasteiger charge is 2.42. The first kappa shape index (κ1) is 29.2. The van der Waals surface area contributed by atoms with Gasteiger partial charge >= 0.3 is 5.97 Å². The summed E-state index contributed by atoms with van der Waals surface area (Å²) in [6.45, 7) is 3.94. The molecular formula is C31H30ClN5O4S. The predicted molar refractivity (Wildman–Crippen MR) is 166 cm³/mol. The molecule has 2 aromatic carbocycles. The molecule has 1 aliphatic rings. The van der Waals surface area contributed by atoms with E-state index in [4.69, 9.17) is 33.3 Å². The van der Waals surface area contributed by atoms with Crippen molar-refractivity contribution in [1.29, 1.82) is 0 Å². The molecule has 42 heavy (non-hydrogen) atoms. The highest BCUT2D eigenvalue weighted by atomic mass is 35.5. The van der Waals surface area contributed by atoms with Crippen LogP contribution in [0.25, 0.3) is 5.69 Å². The number of thiocarbonyl (C=S) groups is 1. The number of carbonyl (C=O) groups is 2. The van der Waals surface area contributed by atoms with Gasteiger partial charge in [-0.1, -0.05) is 29.8 Å². The van der Waals surface area contributed by atoms with Gasteiger partial charge in [0.25, 0.3) is 0 Å². The molecule has 216 valence electrons. The largest absolute Gasteiger partial charge is 0.465 e. The lowest BCUT2D eigenvalue weighted by molar-refractivity contribution is -0.119. The van der Waals surface area contributed by atoms with E-state index in [1.165, 1.54) is 14.2 Å². The maximum absolute atomic E-state index is 12.6. The van der Waals surface area contributed by atoms with Crippen LogP contribution in [-0.2, 0) is 14.3 Å². The second-order valence-electron chi connectivity index (χ2n) is 9.81. The number of ether oxygens (including phenoxy) is 2. The fourth-order valence-corrected chi connectivity index (χ4v) is 6.00. The molecule has 11 heteroatoms. The number of anilines is 2. The monoisotopic (exact) mass is 603 g/mol. The number of aromatic nitrogens is 2. The molecular weight excluding hydrogens is 574 g/mol. The molecule has 0 saturated carbocycles. The van der Waals surface area contributed by atoms with Gasteiger partial charge < -0.3 is 29.6 Å². The number of benzene rings is 2. The summed E-state index contributed by atoms with van der Waals surface area (Å²) < 4.78 is 12.0. The topological polar surface area (TPSA) is 97.7 Å². The third-order valence-corrected chi connectivity index (χ3v) is 7.84. The smallest absolute Gasteiger partial charge is 0.339 e. The van der Waals surface area contributed by atoms with E-state index in [2.05, 4.69) is 26.3 Å². The molecule has 2 aromatic heterocycles. The molecule has 1 fully saturated rings. The van der Waals surface area contributed by atoms with Crippen molar-refractivity contribution in [2.24, 2.45) is 0 Å². The maximum atomic E-state index is 12.6. The molecule has 0 spiro atoms. The highest BCUT2D eigenvalue weighted by molar-refractivity contribution is 7.80. The van der Waals surface area contributed by atoms with Gasteiger partial charge in [0.15, 0.2) is 5.11 Å². The summed E-state index contributed by atoms with van der Waals surface area (Å²) in [6.07, 6.45) is 1.75. The quantitative estimate of drug-likeness (QED) is 0.196. The number of nitrogens with one attached hydrogen (secondary N) is 2. The number of hydrogen-bond acceptors (Lipinski definition) is 6. The lowest BCUT2D eigenvalue weighted by Crippen LogP contribution is -2.29. The van der Waals surface area contributed by atoms with Crippen LogP contribution in [0.5, 0.6) is 0 Å². The Kier molecular flexibility index (Phi) is 8.58. The van der Waals surface area contributed by atoms with E-state index >= 15 is 0 Å². The Labute approximate surface area is 254 Å². The number of carbonyl (C=O) groups excluding carboxylic acids is 2. The van der Waals surface area contributed by atoms with Crippen LogP contribution in [0.4, 0.5) is 11.4 Å². The number of esters is 1. The summed E-state index contributed by atoms with van der Waals surface area (Å²) in [5, 5.41) is 7.09. The van der Waals surface area contributed by atoms with Crippen molar-refractivity contribution in [2.75, 3.05) is 31.0 Å². The Morgan fingerprint density at radius 2 is 1.83 bits per heavy atom. The first-order chi connectivity index (χ1) is 20.2. The van der Waals surface area contributed by atoms with E-state index in [1.807, 2.05) is 61.2 Å². The molecule has 1 saturated heterocycles. The van der Waals surface area contributed by atoms with Crippen LogP contribution in [-0.4, -0.2) is 47.4 Å². The van der Waals surface area contributed by atoms with Crippen molar-refractivity contribution in [1.82, 2.24) is 14.9 Å². The second-order valence-corrected chi connectivity index (χ2v) is 10.6. The summed E-state index contributed by atoms with van der Waals surface area (Å²) in [5.74, 6) is -0.720. The number of halogens is 1. The molecule has 4 aromatic rings. The Hall–Kier alpha value is -4.25. The molecule has 5 rings (SSSR count). The second kappa shape index (κ2) is 12.3. The number of para-hydroxylation sites is 1. The van der Waals surface area contributed by atoms with Crippen LogP contribution in [0.1, 0.15) is 45.1 Å². The average Bonchev–Trinajstić information content (AvgIpc) is 3.48. The molecule has 0 unspecified atom stereocenters. The van der Waals surface area contributed by atoms with Gasteiger partial charge in [-0.2, -0.15) is 0 Å². The number of amides is 1. The summed E-state index contributed by atoms with van der Waals surface area (Å²) >= 11 is 12.5. The predicted octanol–water partition coefficient (Wildman–Crippen LogP) is 5.69. The third-order valence-electron chi connectivity index (χ3n) is 7.22. The summed E-state index contributed by atoms with van der Waals surface area (Å²) in [5.41, 5.74) is 6.07. The number of hydrogen-bond donors (Lipinski definition) is 2. The van der Waals surface area contributed by atoms with E-state index in [9.17, 15) is 9.59 Å². The van der Waals surface area contributed by atoms with Gasteiger partial charge in [0.05, 0.1) is 46.8 Å². The van der Waals surface area contributed by atoms with Gasteiger partial charge in [0.2, 0.25) is 5.91 Å². The molecule has 0 aliphatic carbocycles.